The number of methoxy groups -OCH3 is 3. The van der Waals surface area contributed by atoms with Gasteiger partial charge >= 0.3 is 5.97 Å². The van der Waals surface area contributed by atoms with Crippen LogP contribution in [0.2, 0.25) is 0 Å². The van der Waals surface area contributed by atoms with Gasteiger partial charge in [0.1, 0.15) is 0 Å². The Balaban J connectivity index is 1.97. The zero-order chi connectivity index (χ0) is 24.0. The first-order valence-corrected chi connectivity index (χ1v) is 11.1. The number of rotatable bonds is 8. The topological polar surface area (TPSA) is 120 Å². The molecular weight excluding hydrogens is 448 g/mol. The number of para-hydroxylation sites is 1. The molecule has 10 heteroatoms. The molecule has 0 bridgehead atoms. The van der Waals surface area contributed by atoms with Crippen molar-refractivity contribution >= 4 is 33.3 Å². The molecule has 0 unspecified atom stereocenters. The molecule has 0 fully saturated rings. The Kier molecular flexibility index (Phi) is 7.19. The Morgan fingerprint density at radius 1 is 0.758 bits per heavy atom. The smallest absolute Gasteiger partial charge is 0.340 e. The number of hydrogen-bond donors (Lipinski definition) is 2. The van der Waals surface area contributed by atoms with Gasteiger partial charge < -0.3 is 19.5 Å². The molecule has 1 amide bonds. The normalized spacial score (nSPS) is 10.8. The molecule has 0 aliphatic rings. The Morgan fingerprint density at radius 3 is 2.00 bits per heavy atom. The second-order valence-corrected chi connectivity index (χ2v) is 8.35. The minimum atomic E-state index is -3.93. The molecule has 0 aromatic heterocycles. The summed E-state index contributed by atoms with van der Waals surface area (Å²) >= 11 is 0. The summed E-state index contributed by atoms with van der Waals surface area (Å²) in [6, 6.07) is 16.7. The Hall–Kier alpha value is -4.05. The summed E-state index contributed by atoms with van der Waals surface area (Å²) in [5, 5.41) is 2.62. The highest BCUT2D eigenvalue weighted by Gasteiger charge is 2.22. The molecule has 3 aromatic rings. The van der Waals surface area contributed by atoms with Crippen LogP contribution in [0.5, 0.6) is 11.5 Å². The van der Waals surface area contributed by atoms with E-state index in [0.29, 0.717) is 0 Å². The summed E-state index contributed by atoms with van der Waals surface area (Å²) in [5.74, 6) is -0.812. The average Bonchev–Trinajstić information content (AvgIpc) is 2.83. The number of carbonyl (C=O) groups excluding carboxylic acids is 2. The van der Waals surface area contributed by atoms with Crippen LogP contribution in [0.25, 0.3) is 0 Å². The van der Waals surface area contributed by atoms with Crippen molar-refractivity contribution in [1.29, 1.82) is 0 Å². The van der Waals surface area contributed by atoms with Crippen LogP contribution in [0.4, 0.5) is 11.4 Å². The summed E-state index contributed by atoms with van der Waals surface area (Å²) in [7, 11) is 0.0992. The SMILES string of the molecule is COC(=O)c1cc(OC)c(OC)cc1NC(=O)c1ccccc1NS(=O)(=O)c1ccccc1. The molecule has 3 rings (SSSR count). The van der Waals surface area contributed by atoms with Crippen LogP contribution >= 0.6 is 0 Å². The van der Waals surface area contributed by atoms with Crippen LogP contribution < -0.4 is 19.5 Å². The monoisotopic (exact) mass is 470 g/mol. The zero-order valence-corrected chi connectivity index (χ0v) is 18.9. The Bertz CT molecular complexity index is 1280. The number of nitrogens with one attached hydrogen (secondary N) is 2. The van der Waals surface area contributed by atoms with Crippen LogP contribution in [0.3, 0.4) is 0 Å². The molecular formula is C23H22N2O7S. The summed E-state index contributed by atoms with van der Waals surface area (Å²) in [4.78, 5) is 25.4. The minimum Gasteiger partial charge on any atom is -0.493 e. The van der Waals surface area contributed by atoms with Crippen LogP contribution in [-0.4, -0.2) is 41.6 Å². The van der Waals surface area contributed by atoms with Crippen LogP contribution in [0, 0.1) is 0 Å². The Labute approximate surface area is 191 Å². The van der Waals surface area contributed by atoms with E-state index in [9.17, 15) is 18.0 Å². The number of benzene rings is 3. The molecule has 0 saturated carbocycles. The van der Waals surface area contributed by atoms with Crippen LogP contribution in [-0.2, 0) is 14.8 Å². The van der Waals surface area contributed by atoms with Gasteiger partial charge in [-0.05, 0) is 24.3 Å². The van der Waals surface area contributed by atoms with Gasteiger partial charge in [0, 0.05) is 12.1 Å². The number of hydrogen-bond acceptors (Lipinski definition) is 7. The van der Waals surface area contributed by atoms with Crippen LogP contribution in [0.15, 0.2) is 71.6 Å². The van der Waals surface area contributed by atoms with Crippen molar-refractivity contribution in [3.05, 3.63) is 77.9 Å². The third-order valence-electron chi connectivity index (χ3n) is 4.65. The minimum absolute atomic E-state index is 0.0332. The van der Waals surface area contributed by atoms with Crippen molar-refractivity contribution < 1.29 is 32.2 Å². The van der Waals surface area contributed by atoms with Crippen molar-refractivity contribution in [1.82, 2.24) is 0 Å². The lowest BCUT2D eigenvalue weighted by Gasteiger charge is -2.16. The maximum atomic E-state index is 13.1. The van der Waals surface area contributed by atoms with Gasteiger partial charge in [0.05, 0.1) is 48.7 Å². The quantitative estimate of drug-likeness (QED) is 0.483. The Morgan fingerprint density at radius 2 is 1.36 bits per heavy atom. The largest absolute Gasteiger partial charge is 0.493 e. The highest BCUT2D eigenvalue weighted by molar-refractivity contribution is 7.92. The first kappa shape index (κ1) is 23.6. The number of ether oxygens (including phenoxy) is 3. The van der Waals surface area contributed by atoms with E-state index in [0.717, 1.165) is 0 Å². The van der Waals surface area contributed by atoms with Crippen molar-refractivity contribution in [2.24, 2.45) is 0 Å². The van der Waals surface area contributed by atoms with Crippen molar-refractivity contribution in [2.45, 2.75) is 4.90 Å². The van der Waals surface area contributed by atoms with Crippen molar-refractivity contribution in [2.75, 3.05) is 31.4 Å². The predicted octanol–water partition coefficient (Wildman–Crippen LogP) is 3.54. The van der Waals surface area contributed by atoms with E-state index in [2.05, 4.69) is 10.0 Å². The standard InChI is InChI=1S/C23H22N2O7S/c1-30-20-13-17(23(27)32-3)19(14-21(20)31-2)24-22(26)16-11-7-8-12-18(16)25-33(28,29)15-9-5-4-6-10-15/h4-14,25H,1-3H3,(H,24,26). The number of sulfonamides is 1. The molecule has 2 N–H and O–H groups in total. The summed E-state index contributed by atoms with van der Waals surface area (Å²) in [6.45, 7) is 0. The average molecular weight is 471 g/mol. The van der Waals surface area contributed by atoms with Gasteiger partial charge in [-0.1, -0.05) is 30.3 Å². The van der Waals surface area contributed by atoms with Crippen LogP contribution in [0.1, 0.15) is 20.7 Å². The molecule has 3 aromatic carbocycles. The third-order valence-corrected chi connectivity index (χ3v) is 6.03. The van der Waals surface area contributed by atoms with Gasteiger partial charge in [-0.15, -0.1) is 0 Å². The van der Waals surface area contributed by atoms with Gasteiger partial charge in [-0.25, -0.2) is 13.2 Å². The fourth-order valence-corrected chi connectivity index (χ4v) is 4.13. The molecule has 0 aliphatic carbocycles. The van der Waals surface area contributed by atoms with Gasteiger partial charge in [0.25, 0.3) is 15.9 Å². The number of esters is 1. The maximum absolute atomic E-state index is 13.1. The highest BCUT2D eigenvalue weighted by atomic mass is 32.2. The molecule has 0 spiro atoms. The molecule has 172 valence electrons. The molecule has 9 nitrogen and oxygen atoms in total. The molecule has 0 saturated heterocycles. The number of anilines is 2. The van der Waals surface area contributed by atoms with E-state index in [-0.39, 0.29) is 38.9 Å². The van der Waals surface area contributed by atoms with E-state index < -0.39 is 21.9 Å². The maximum Gasteiger partial charge on any atom is 0.340 e. The zero-order valence-electron chi connectivity index (χ0n) is 18.1. The van der Waals surface area contributed by atoms with Crippen molar-refractivity contribution in [3.8, 4) is 11.5 Å². The molecule has 0 aliphatic heterocycles. The lowest BCUT2D eigenvalue weighted by molar-refractivity contribution is 0.0601. The van der Waals surface area contributed by atoms with Gasteiger partial charge in [-0.2, -0.15) is 0 Å². The first-order chi connectivity index (χ1) is 15.8. The molecule has 33 heavy (non-hydrogen) atoms. The van der Waals surface area contributed by atoms with E-state index in [1.165, 1.54) is 57.7 Å². The fraction of sp³-hybridized carbons (Fsp3) is 0.130. The van der Waals surface area contributed by atoms with E-state index >= 15 is 0 Å². The summed E-state index contributed by atoms with van der Waals surface area (Å²) in [6.07, 6.45) is 0. The second kappa shape index (κ2) is 10.0. The lowest BCUT2D eigenvalue weighted by atomic mass is 10.1. The van der Waals surface area contributed by atoms with E-state index in [4.69, 9.17) is 14.2 Å². The first-order valence-electron chi connectivity index (χ1n) is 9.63. The molecule has 0 radical (unpaired) electrons. The third kappa shape index (κ3) is 5.24. The summed E-state index contributed by atoms with van der Waals surface area (Å²) in [5.41, 5.74) is 0.248. The highest BCUT2D eigenvalue weighted by Crippen LogP contribution is 2.34. The summed E-state index contributed by atoms with van der Waals surface area (Å²) < 4.78 is 43.2. The van der Waals surface area contributed by atoms with Crippen molar-refractivity contribution in [3.63, 3.8) is 0 Å². The van der Waals surface area contributed by atoms with Gasteiger partial charge in [0.15, 0.2) is 11.5 Å². The number of carbonyl (C=O) groups is 2. The predicted molar refractivity (Wildman–Crippen MR) is 123 cm³/mol. The second-order valence-electron chi connectivity index (χ2n) is 6.66. The molecule has 0 atom stereocenters. The molecule has 0 heterocycles. The van der Waals surface area contributed by atoms with E-state index in [1.807, 2.05) is 0 Å². The lowest BCUT2D eigenvalue weighted by Crippen LogP contribution is -2.20. The van der Waals surface area contributed by atoms with E-state index in [1.54, 1.807) is 30.3 Å². The van der Waals surface area contributed by atoms with Gasteiger partial charge in [0.2, 0.25) is 0 Å². The fourth-order valence-electron chi connectivity index (χ4n) is 3.02. The number of amides is 1. The van der Waals surface area contributed by atoms with Gasteiger partial charge in [-0.3, -0.25) is 9.52 Å².